The van der Waals surface area contributed by atoms with Gasteiger partial charge in [-0.25, -0.2) is 8.78 Å². The Labute approximate surface area is 156 Å². The quantitative estimate of drug-likeness (QED) is 0.805. The molecule has 0 spiro atoms. The van der Waals surface area contributed by atoms with Gasteiger partial charge in [0.1, 0.15) is 23.1 Å². The summed E-state index contributed by atoms with van der Waals surface area (Å²) >= 11 is 0. The van der Waals surface area contributed by atoms with E-state index in [1.165, 1.54) is 11.0 Å². The van der Waals surface area contributed by atoms with E-state index in [0.29, 0.717) is 5.75 Å². The van der Waals surface area contributed by atoms with Crippen LogP contribution in [0.3, 0.4) is 0 Å². The molecule has 0 aromatic heterocycles. The number of carbonyl (C=O) groups excluding carboxylic acids is 2. The van der Waals surface area contributed by atoms with Crippen molar-refractivity contribution in [3.8, 4) is 5.75 Å². The highest BCUT2D eigenvalue weighted by molar-refractivity contribution is 5.94. The number of rotatable bonds is 7. The van der Waals surface area contributed by atoms with E-state index < -0.39 is 29.1 Å². The molecule has 27 heavy (non-hydrogen) atoms. The standard InChI is InChI=1S/C20H22F2N2O3/c1-4-24(11-18(25)23-20-16(21)6-5-7-17(20)22)19(26)12-27-15-9-8-13(2)14(3)10-15/h5-10H,4,11-12H2,1-3H3,(H,23,25). The third kappa shape index (κ3) is 5.51. The number of benzene rings is 2. The van der Waals surface area contributed by atoms with Gasteiger partial charge in [-0.1, -0.05) is 12.1 Å². The van der Waals surface area contributed by atoms with Crippen LogP contribution in [0, 0.1) is 25.5 Å². The van der Waals surface area contributed by atoms with Gasteiger partial charge in [-0.2, -0.15) is 0 Å². The van der Waals surface area contributed by atoms with Crippen molar-refractivity contribution in [3.63, 3.8) is 0 Å². The van der Waals surface area contributed by atoms with Crippen LogP contribution in [0.25, 0.3) is 0 Å². The maximum Gasteiger partial charge on any atom is 0.260 e. The lowest BCUT2D eigenvalue weighted by molar-refractivity contribution is -0.136. The molecule has 0 aliphatic carbocycles. The van der Waals surface area contributed by atoms with Gasteiger partial charge in [-0.05, 0) is 56.2 Å². The van der Waals surface area contributed by atoms with Gasteiger partial charge in [0.25, 0.3) is 5.91 Å². The zero-order valence-corrected chi connectivity index (χ0v) is 15.5. The summed E-state index contributed by atoms with van der Waals surface area (Å²) in [7, 11) is 0. The zero-order valence-electron chi connectivity index (χ0n) is 15.5. The van der Waals surface area contributed by atoms with Crippen LogP contribution in [0.4, 0.5) is 14.5 Å². The number of nitrogens with one attached hydrogen (secondary N) is 1. The molecule has 0 bridgehead atoms. The number of nitrogens with zero attached hydrogens (tertiary/aromatic N) is 1. The Balaban J connectivity index is 1.94. The first-order chi connectivity index (χ1) is 12.8. The molecule has 0 unspecified atom stereocenters. The molecule has 0 atom stereocenters. The van der Waals surface area contributed by atoms with Crippen LogP contribution in [0.5, 0.6) is 5.75 Å². The SMILES string of the molecule is CCN(CC(=O)Nc1c(F)cccc1F)C(=O)COc1ccc(C)c(C)c1. The van der Waals surface area contributed by atoms with Gasteiger partial charge in [0, 0.05) is 6.54 Å². The fraction of sp³-hybridized carbons (Fsp3) is 0.300. The first-order valence-corrected chi connectivity index (χ1v) is 8.53. The molecule has 144 valence electrons. The number of para-hydroxylation sites is 1. The van der Waals surface area contributed by atoms with Crippen molar-refractivity contribution < 1.29 is 23.1 Å². The van der Waals surface area contributed by atoms with E-state index in [-0.39, 0.29) is 19.7 Å². The molecular weight excluding hydrogens is 354 g/mol. The monoisotopic (exact) mass is 376 g/mol. The lowest BCUT2D eigenvalue weighted by Gasteiger charge is -2.20. The van der Waals surface area contributed by atoms with E-state index in [9.17, 15) is 18.4 Å². The minimum atomic E-state index is -0.879. The molecule has 2 aromatic rings. The molecule has 0 saturated heterocycles. The maximum atomic E-state index is 13.6. The fourth-order valence-corrected chi connectivity index (χ4v) is 2.39. The van der Waals surface area contributed by atoms with Crippen molar-refractivity contribution in [2.24, 2.45) is 0 Å². The number of aryl methyl sites for hydroxylation is 2. The average molecular weight is 376 g/mol. The molecule has 1 N–H and O–H groups in total. The Hall–Kier alpha value is -2.96. The second-order valence-electron chi connectivity index (χ2n) is 6.09. The van der Waals surface area contributed by atoms with Crippen molar-refractivity contribution in [2.75, 3.05) is 25.0 Å². The predicted octanol–water partition coefficient (Wildman–Crippen LogP) is 3.45. The lowest BCUT2D eigenvalue weighted by Crippen LogP contribution is -2.40. The molecule has 7 heteroatoms. The van der Waals surface area contributed by atoms with E-state index >= 15 is 0 Å². The van der Waals surface area contributed by atoms with E-state index in [2.05, 4.69) is 5.32 Å². The third-order valence-electron chi connectivity index (χ3n) is 4.14. The number of amides is 2. The number of hydrogen-bond donors (Lipinski definition) is 1. The minimum Gasteiger partial charge on any atom is -0.484 e. The van der Waals surface area contributed by atoms with Crippen LogP contribution in [0.2, 0.25) is 0 Å². The molecule has 0 saturated carbocycles. The Kier molecular flexibility index (Phi) is 6.87. The molecule has 0 fully saturated rings. The summed E-state index contributed by atoms with van der Waals surface area (Å²) in [6.45, 7) is 5.29. The number of likely N-dealkylation sites (N-methyl/N-ethyl adjacent to an activating group) is 1. The third-order valence-corrected chi connectivity index (χ3v) is 4.14. The van der Waals surface area contributed by atoms with Crippen LogP contribution in [0.1, 0.15) is 18.1 Å². The van der Waals surface area contributed by atoms with Crippen molar-refractivity contribution in [1.29, 1.82) is 0 Å². The molecule has 5 nitrogen and oxygen atoms in total. The number of carbonyl (C=O) groups is 2. The smallest absolute Gasteiger partial charge is 0.260 e. The second kappa shape index (κ2) is 9.12. The minimum absolute atomic E-state index is 0.238. The van der Waals surface area contributed by atoms with E-state index in [0.717, 1.165) is 23.3 Å². The molecule has 2 aromatic carbocycles. The van der Waals surface area contributed by atoms with Gasteiger partial charge in [0.15, 0.2) is 6.61 Å². The Bertz CT molecular complexity index is 820. The highest BCUT2D eigenvalue weighted by Gasteiger charge is 2.18. The van der Waals surface area contributed by atoms with Gasteiger partial charge in [-0.3, -0.25) is 9.59 Å². The Morgan fingerprint density at radius 3 is 2.33 bits per heavy atom. The summed E-state index contributed by atoms with van der Waals surface area (Å²) in [6, 6.07) is 8.76. The van der Waals surface area contributed by atoms with Crippen LogP contribution in [-0.2, 0) is 9.59 Å². The maximum absolute atomic E-state index is 13.6. The highest BCUT2D eigenvalue weighted by atomic mass is 19.1. The Morgan fingerprint density at radius 2 is 1.74 bits per heavy atom. The normalized spacial score (nSPS) is 10.4. The summed E-state index contributed by atoms with van der Waals surface area (Å²) < 4.78 is 32.7. The predicted molar refractivity (Wildman–Crippen MR) is 98.7 cm³/mol. The topological polar surface area (TPSA) is 58.6 Å². The van der Waals surface area contributed by atoms with Crippen LogP contribution in [0.15, 0.2) is 36.4 Å². The molecular formula is C20H22F2N2O3. The first kappa shape index (κ1) is 20.4. The van der Waals surface area contributed by atoms with Gasteiger partial charge < -0.3 is 15.0 Å². The van der Waals surface area contributed by atoms with Crippen LogP contribution in [-0.4, -0.2) is 36.4 Å². The van der Waals surface area contributed by atoms with Gasteiger partial charge in [0.05, 0.1) is 6.54 Å². The fourth-order valence-electron chi connectivity index (χ4n) is 2.39. The second-order valence-corrected chi connectivity index (χ2v) is 6.09. The van der Waals surface area contributed by atoms with Gasteiger partial charge in [-0.15, -0.1) is 0 Å². The summed E-state index contributed by atoms with van der Waals surface area (Å²) in [5, 5.41) is 2.16. The zero-order chi connectivity index (χ0) is 20.0. The van der Waals surface area contributed by atoms with Crippen LogP contribution < -0.4 is 10.1 Å². The summed E-state index contributed by atoms with van der Waals surface area (Å²) in [6.07, 6.45) is 0. The van der Waals surface area contributed by atoms with Crippen molar-refractivity contribution in [1.82, 2.24) is 4.90 Å². The molecule has 0 aliphatic rings. The Morgan fingerprint density at radius 1 is 1.07 bits per heavy atom. The molecule has 0 aliphatic heterocycles. The molecule has 2 amide bonds. The summed E-state index contributed by atoms with van der Waals surface area (Å²) in [4.78, 5) is 25.6. The number of anilines is 1. The lowest BCUT2D eigenvalue weighted by atomic mass is 10.1. The van der Waals surface area contributed by atoms with Crippen molar-refractivity contribution >= 4 is 17.5 Å². The average Bonchev–Trinajstić information content (AvgIpc) is 2.63. The van der Waals surface area contributed by atoms with Gasteiger partial charge in [0.2, 0.25) is 5.91 Å². The van der Waals surface area contributed by atoms with E-state index in [1.54, 1.807) is 13.0 Å². The number of hydrogen-bond acceptors (Lipinski definition) is 3. The number of ether oxygens (including phenoxy) is 1. The van der Waals surface area contributed by atoms with E-state index in [4.69, 9.17) is 4.74 Å². The van der Waals surface area contributed by atoms with Gasteiger partial charge >= 0.3 is 0 Å². The number of halogens is 2. The van der Waals surface area contributed by atoms with Crippen LogP contribution >= 0.6 is 0 Å². The largest absolute Gasteiger partial charge is 0.484 e. The molecule has 0 radical (unpaired) electrons. The molecule has 2 rings (SSSR count). The molecule has 0 heterocycles. The highest BCUT2D eigenvalue weighted by Crippen LogP contribution is 2.18. The van der Waals surface area contributed by atoms with Crippen molar-refractivity contribution in [3.05, 3.63) is 59.2 Å². The summed E-state index contributed by atoms with van der Waals surface area (Å²) in [5.74, 6) is -2.30. The van der Waals surface area contributed by atoms with E-state index in [1.807, 2.05) is 26.0 Å². The first-order valence-electron chi connectivity index (χ1n) is 8.53. The summed E-state index contributed by atoms with van der Waals surface area (Å²) in [5.41, 5.74) is 1.62. The van der Waals surface area contributed by atoms with Crippen molar-refractivity contribution in [2.45, 2.75) is 20.8 Å².